The molecule has 0 radical (unpaired) electrons. The summed E-state index contributed by atoms with van der Waals surface area (Å²) in [5, 5.41) is 21.2. The summed E-state index contributed by atoms with van der Waals surface area (Å²) in [7, 11) is -0.340. The van der Waals surface area contributed by atoms with Crippen molar-refractivity contribution in [3.05, 3.63) is 130 Å². The molecule has 3 heterocycles. The largest absolute Gasteiger partial charge is 0.358 e. The molecule has 0 spiro atoms. The molecule has 3 aliphatic heterocycles. The first-order chi connectivity index (χ1) is 32.3. The second-order valence-corrected chi connectivity index (χ2v) is 22.5. The lowest BCUT2D eigenvalue weighted by Gasteiger charge is -2.37. The van der Waals surface area contributed by atoms with E-state index in [9.17, 15) is 33.5 Å². The van der Waals surface area contributed by atoms with Crippen LogP contribution in [0.15, 0.2) is 107 Å². The Kier molecular flexibility index (Phi) is 15.7. The van der Waals surface area contributed by atoms with Crippen LogP contribution in [0.1, 0.15) is 86.6 Å². The van der Waals surface area contributed by atoms with Crippen molar-refractivity contribution in [2.45, 2.75) is 93.8 Å². The summed E-state index contributed by atoms with van der Waals surface area (Å²) in [5.41, 5.74) is 8.42. The van der Waals surface area contributed by atoms with Crippen molar-refractivity contribution in [2.24, 2.45) is 0 Å². The van der Waals surface area contributed by atoms with E-state index in [1.165, 1.54) is 0 Å². The number of halogens is 1. The molecule has 7 rings (SSSR count). The van der Waals surface area contributed by atoms with Gasteiger partial charge in [0.1, 0.15) is 23.7 Å². The third kappa shape index (κ3) is 10.5. The minimum Gasteiger partial charge on any atom is -0.358 e. The number of carbonyl (C=O) groups is 4. The van der Waals surface area contributed by atoms with Gasteiger partial charge < -0.3 is 35.5 Å². The molecule has 16 nitrogen and oxygen atoms in total. The molecule has 19 heteroatoms. The summed E-state index contributed by atoms with van der Waals surface area (Å²) in [6.07, 6.45) is 6.22. The van der Waals surface area contributed by atoms with Gasteiger partial charge in [0.05, 0.1) is 22.4 Å². The number of carbonyl (C=O) groups excluding carboxylic acids is 4. The molecule has 1 saturated heterocycles. The monoisotopic (exact) mass is 1030 g/mol. The average molecular weight is 1030 g/mol. The SMILES string of the molecule is CN1C(=CC2=C(N3CCC[C@@H]3C(=O)NC(CSOOO)C(=O)NCCCCC(=O)NCc3ccc(C(Br)P(=O)(O)O)cc3)C(=CC3=[N+](C)c4ccccc4C3(C)C)C2=O)C(C)(C)c2ccccc21. The average Bonchev–Trinajstić information content (AvgIpc) is 3.92. The number of hydrogen-bond acceptors (Lipinski definition) is 11. The summed E-state index contributed by atoms with van der Waals surface area (Å²) in [6.45, 7) is 9.53. The lowest BCUT2D eigenvalue weighted by atomic mass is 9.76. The van der Waals surface area contributed by atoms with Crippen LogP contribution in [0.25, 0.3) is 0 Å². The molecule has 3 atom stereocenters. The van der Waals surface area contributed by atoms with E-state index in [2.05, 4.69) is 103 Å². The van der Waals surface area contributed by atoms with Crippen LogP contribution in [0.5, 0.6) is 0 Å². The number of likely N-dealkylation sites (tertiary alicyclic amines) is 1. The highest BCUT2D eigenvalue weighted by atomic mass is 79.9. The van der Waals surface area contributed by atoms with E-state index in [-0.39, 0.29) is 37.0 Å². The summed E-state index contributed by atoms with van der Waals surface area (Å²) < 4.78 is 17.2. The van der Waals surface area contributed by atoms with E-state index >= 15 is 0 Å². The molecule has 4 aliphatic rings. The minimum atomic E-state index is -4.35. The molecule has 2 unspecified atom stereocenters. The Balaban J connectivity index is 1.05. The summed E-state index contributed by atoms with van der Waals surface area (Å²) >= 11 is 3.67. The maximum atomic E-state index is 14.6. The number of ketones is 1. The van der Waals surface area contributed by atoms with E-state index < -0.39 is 46.9 Å². The number of nitrogens with one attached hydrogen (secondary N) is 3. The van der Waals surface area contributed by atoms with Crippen LogP contribution >= 0.6 is 35.6 Å². The molecule has 0 aromatic heterocycles. The number of unbranched alkanes of at least 4 members (excludes halogenated alkanes) is 1. The van der Waals surface area contributed by atoms with Crippen molar-refractivity contribution in [1.82, 2.24) is 20.9 Å². The summed E-state index contributed by atoms with van der Waals surface area (Å²) in [4.78, 5) is 78.2. The van der Waals surface area contributed by atoms with E-state index in [1.807, 2.05) is 55.4 Å². The van der Waals surface area contributed by atoms with Gasteiger partial charge in [-0.3, -0.25) is 23.7 Å². The number of Topliss-reactive ketones (excluding diaryl/α,β-unsaturated/α-hetero) is 1. The second-order valence-electron chi connectivity index (χ2n) is 18.5. The third-order valence-corrected chi connectivity index (χ3v) is 17.0. The Bertz CT molecular complexity index is 2640. The van der Waals surface area contributed by atoms with Gasteiger partial charge in [0, 0.05) is 85.2 Å². The molecule has 3 aromatic carbocycles. The molecule has 68 heavy (non-hydrogen) atoms. The van der Waals surface area contributed by atoms with Crippen molar-refractivity contribution in [1.29, 1.82) is 0 Å². The van der Waals surface area contributed by atoms with Crippen molar-refractivity contribution in [2.75, 3.05) is 37.8 Å². The maximum absolute atomic E-state index is 14.6. The van der Waals surface area contributed by atoms with Crippen molar-refractivity contribution in [3.8, 4) is 0 Å². The Labute approximate surface area is 409 Å². The van der Waals surface area contributed by atoms with Gasteiger partial charge in [-0.25, -0.2) is 5.26 Å². The molecule has 3 amide bonds. The number of allylic oxidation sites excluding steroid dienone is 5. The fraction of sp³-hybridized carbons (Fsp3) is 0.408. The molecule has 6 N–H and O–H groups in total. The van der Waals surface area contributed by atoms with Crippen molar-refractivity contribution in [3.63, 3.8) is 0 Å². The highest BCUT2D eigenvalue weighted by molar-refractivity contribution is 9.10. The third-order valence-electron chi connectivity index (χ3n) is 13.4. The van der Waals surface area contributed by atoms with Gasteiger partial charge in [-0.15, -0.1) is 4.33 Å². The Morgan fingerprint density at radius 2 is 1.66 bits per heavy atom. The quantitative estimate of drug-likeness (QED) is 0.0105. The molecular weight excluding hydrogens is 976 g/mol. The highest BCUT2D eigenvalue weighted by Crippen LogP contribution is 2.55. The molecular formula is C49H59BrN6O10PS+. The Morgan fingerprint density at radius 1 is 0.971 bits per heavy atom. The number of fused-ring (bicyclic) bond motifs is 2. The number of hydrogen-bond donors (Lipinski definition) is 6. The van der Waals surface area contributed by atoms with Crippen LogP contribution in [0.4, 0.5) is 11.4 Å². The van der Waals surface area contributed by atoms with Crippen LogP contribution < -0.4 is 20.9 Å². The standard InChI is InChI=1S/C49H58BrN6O10PS/c1-48(2)34-14-7-9-16-37(34)54(5)40(48)26-32-43(33(44(32)58)27-41-49(3,4)35-15-8-10-17-38(35)55(41)6)56-25-13-18-39(56)47(60)53-36(29-68-66-65-61)46(59)51-24-12-11-19-42(57)52-28-30-20-22-31(23-21-30)45(50)67(62,63)64/h7-10,14-17,20-23,26-27,36,39,45H,11-13,18-19,24-25,28-29H2,1-6H3,(H5-,51,52,53,57,59,60,61,62,63,64)/p+1/t36?,39-,45?/m1/s1. The number of amides is 3. The highest BCUT2D eigenvalue weighted by Gasteiger charge is 2.49. The van der Waals surface area contributed by atoms with Gasteiger partial charge in [-0.1, -0.05) is 95.5 Å². The fourth-order valence-corrected chi connectivity index (χ4v) is 11.0. The number of anilines is 1. The van der Waals surface area contributed by atoms with Crippen LogP contribution in [-0.4, -0.2) is 98.8 Å². The number of nitrogens with zero attached hydrogens (tertiary/aromatic N) is 3. The first-order valence-corrected chi connectivity index (χ1v) is 26.0. The number of alkyl halides is 1. The Morgan fingerprint density at radius 3 is 2.34 bits per heavy atom. The van der Waals surface area contributed by atoms with Crippen LogP contribution in [0.2, 0.25) is 0 Å². The van der Waals surface area contributed by atoms with Gasteiger partial charge in [0.25, 0.3) is 0 Å². The number of rotatable bonds is 19. The molecule has 362 valence electrons. The summed E-state index contributed by atoms with van der Waals surface area (Å²) in [6, 6.07) is 21.1. The smallest absolute Gasteiger partial charge is 0.343 e. The van der Waals surface area contributed by atoms with Gasteiger partial charge in [0.2, 0.25) is 23.4 Å². The van der Waals surface area contributed by atoms with E-state index in [0.29, 0.717) is 66.7 Å². The normalized spacial score (nSPS) is 20.4. The number of likely N-dealkylation sites (N-methyl/N-ethyl adjacent to an activating group) is 1. The lowest BCUT2D eigenvalue weighted by molar-refractivity contribution is -0.432. The number of para-hydroxylation sites is 2. The second kappa shape index (κ2) is 21.0. The minimum absolute atomic E-state index is 0.101. The van der Waals surface area contributed by atoms with Crippen molar-refractivity contribution >= 4 is 76.2 Å². The van der Waals surface area contributed by atoms with Crippen LogP contribution in [-0.2, 0) is 50.5 Å². The molecule has 0 bridgehead atoms. The maximum Gasteiger partial charge on any atom is 0.343 e. The summed E-state index contributed by atoms with van der Waals surface area (Å²) in [5.74, 6) is -1.32. The zero-order valence-corrected chi connectivity index (χ0v) is 42.3. The van der Waals surface area contributed by atoms with E-state index in [4.69, 9.17) is 5.26 Å². The zero-order valence-electron chi connectivity index (χ0n) is 39.0. The van der Waals surface area contributed by atoms with Gasteiger partial charge in [-0.2, -0.15) is 4.58 Å². The van der Waals surface area contributed by atoms with E-state index in [1.54, 1.807) is 24.3 Å². The lowest BCUT2D eigenvalue weighted by Crippen LogP contribution is -2.54. The predicted octanol–water partition coefficient (Wildman–Crippen LogP) is 6.96. The zero-order chi connectivity index (χ0) is 49.1. The van der Waals surface area contributed by atoms with E-state index in [0.717, 1.165) is 39.5 Å². The van der Waals surface area contributed by atoms with Gasteiger partial charge >= 0.3 is 7.60 Å². The molecule has 3 aromatic rings. The van der Waals surface area contributed by atoms with Crippen LogP contribution in [0.3, 0.4) is 0 Å². The molecule has 0 saturated carbocycles. The fourth-order valence-electron chi connectivity index (χ4n) is 9.71. The van der Waals surface area contributed by atoms with Gasteiger partial charge in [0.15, 0.2) is 11.5 Å². The van der Waals surface area contributed by atoms with Crippen LogP contribution in [0, 0.1) is 0 Å². The Hall–Kier alpha value is -4.91. The number of benzene rings is 3. The van der Waals surface area contributed by atoms with Gasteiger partial charge in [-0.05, 0) is 68.4 Å². The first kappa shape index (κ1) is 51.0. The van der Waals surface area contributed by atoms with Crippen molar-refractivity contribution < 1.29 is 52.7 Å². The predicted molar refractivity (Wildman–Crippen MR) is 264 cm³/mol. The molecule has 1 aliphatic carbocycles. The first-order valence-electron chi connectivity index (χ1n) is 22.5. The molecule has 1 fully saturated rings. The topological polar surface area (TPSA) is 210 Å².